The van der Waals surface area contributed by atoms with E-state index in [0.29, 0.717) is 0 Å². The lowest BCUT2D eigenvalue weighted by Gasteiger charge is -2.27. The van der Waals surface area contributed by atoms with Gasteiger partial charge in [0, 0.05) is 42.8 Å². The Kier molecular flexibility index (Phi) is 5.61. The lowest BCUT2D eigenvalue weighted by molar-refractivity contribution is 0.240. The van der Waals surface area contributed by atoms with E-state index in [1.165, 1.54) is 18.4 Å². The third-order valence-electron chi connectivity index (χ3n) is 4.44. The molecule has 4 nitrogen and oxygen atoms in total. The molecule has 2 fully saturated rings. The van der Waals surface area contributed by atoms with E-state index in [0.717, 1.165) is 67.6 Å². The zero-order valence-corrected chi connectivity index (χ0v) is 14.8. The molecule has 1 aromatic rings. The van der Waals surface area contributed by atoms with Crippen LogP contribution in [0.4, 0.5) is 0 Å². The van der Waals surface area contributed by atoms with E-state index >= 15 is 0 Å². The fourth-order valence-corrected chi connectivity index (χ4v) is 3.34. The number of ether oxygens (including phenoxy) is 2. The van der Waals surface area contributed by atoms with Gasteiger partial charge in [0.25, 0.3) is 0 Å². The zero-order chi connectivity index (χ0) is 15.4. The van der Waals surface area contributed by atoms with Crippen molar-refractivity contribution in [1.29, 1.82) is 0 Å². The zero-order valence-electron chi connectivity index (χ0n) is 13.2. The Bertz CT molecular complexity index is 500. The van der Waals surface area contributed by atoms with Crippen LogP contribution in [0.25, 0.3) is 0 Å². The molecule has 0 unspecified atom stereocenters. The molecule has 1 N–H and O–H groups in total. The van der Waals surface area contributed by atoms with Crippen LogP contribution in [0.2, 0.25) is 0 Å². The first-order valence-electron chi connectivity index (χ1n) is 8.19. The van der Waals surface area contributed by atoms with E-state index in [9.17, 15) is 0 Å². The van der Waals surface area contributed by atoms with Crippen LogP contribution in [0.3, 0.4) is 0 Å². The average molecular weight is 369 g/mol. The molecule has 5 heteroatoms. The fourth-order valence-electron chi connectivity index (χ4n) is 2.82. The SMILES string of the molecule is COc1ccc(Br)c(CCN2CCNCC2)c1OCC1CC1. The number of nitrogens with zero attached hydrogens (tertiary/aromatic N) is 1. The minimum atomic E-state index is 0.740. The van der Waals surface area contributed by atoms with E-state index in [4.69, 9.17) is 9.47 Å². The second-order valence-corrected chi connectivity index (χ2v) is 7.01. The molecule has 1 aromatic carbocycles. The van der Waals surface area contributed by atoms with Crippen molar-refractivity contribution in [2.24, 2.45) is 5.92 Å². The highest BCUT2D eigenvalue weighted by Gasteiger charge is 2.24. The Morgan fingerprint density at radius 2 is 2.05 bits per heavy atom. The minimum Gasteiger partial charge on any atom is -0.493 e. The summed E-state index contributed by atoms with van der Waals surface area (Å²) in [5, 5.41) is 3.40. The van der Waals surface area contributed by atoms with Crippen molar-refractivity contribution in [2.75, 3.05) is 46.4 Å². The Balaban J connectivity index is 1.71. The maximum absolute atomic E-state index is 6.12. The van der Waals surface area contributed by atoms with Gasteiger partial charge in [0.05, 0.1) is 13.7 Å². The van der Waals surface area contributed by atoms with Crippen LogP contribution in [-0.4, -0.2) is 51.3 Å². The number of nitrogens with one attached hydrogen (secondary N) is 1. The van der Waals surface area contributed by atoms with Gasteiger partial charge in [0.15, 0.2) is 11.5 Å². The van der Waals surface area contributed by atoms with Gasteiger partial charge in [-0.05, 0) is 37.3 Å². The highest BCUT2D eigenvalue weighted by molar-refractivity contribution is 9.10. The van der Waals surface area contributed by atoms with Gasteiger partial charge in [0.2, 0.25) is 0 Å². The molecule has 3 rings (SSSR count). The monoisotopic (exact) mass is 368 g/mol. The fraction of sp³-hybridized carbons (Fsp3) is 0.647. The highest BCUT2D eigenvalue weighted by atomic mass is 79.9. The molecule has 0 aromatic heterocycles. The van der Waals surface area contributed by atoms with Crippen LogP contribution in [0.1, 0.15) is 18.4 Å². The third-order valence-corrected chi connectivity index (χ3v) is 5.18. The van der Waals surface area contributed by atoms with Crippen molar-refractivity contribution in [3.8, 4) is 11.5 Å². The molecular formula is C17H25BrN2O2. The van der Waals surface area contributed by atoms with Gasteiger partial charge in [-0.25, -0.2) is 0 Å². The van der Waals surface area contributed by atoms with Crippen molar-refractivity contribution in [3.63, 3.8) is 0 Å². The molecule has 2 aliphatic rings. The maximum Gasteiger partial charge on any atom is 0.165 e. The first kappa shape index (κ1) is 16.1. The second kappa shape index (κ2) is 7.66. The summed E-state index contributed by atoms with van der Waals surface area (Å²) in [4.78, 5) is 2.51. The van der Waals surface area contributed by atoms with Crippen LogP contribution >= 0.6 is 15.9 Å². The molecule has 1 saturated heterocycles. The van der Waals surface area contributed by atoms with E-state index in [2.05, 4.69) is 32.2 Å². The van der Waals surface area contributed by atoms with Crippen molar-refractivity contribution < 1.29 is 9.47 Å². The largest absolute Gasteiger partial charge is 0.493 e. The summed E-state index contributed by atoms with van der Waals surface area (Å²) in [6, 6.07) is 4.05. The summed E-state index contributed by atoms with van der Waals surface area (Å²) in [6.07, 6.45) is 3.58. The summed E-state index contributed by atoms with van der Waals surface area (Å²) in [5.41, 5.74) is 1.23. The summed E-state index contributed by atoms with van der Waals surface area (Å²) < 4.78 is 12.8. The summed E-state index contributed by atoms with van der Waals surface area (Å²) >= 11 is 3.69. The number of rotatable bonds is 7. The normalized spacial score (nSPS) is 19.2. The Labute approximate surface area is 141 Å². The molecular weight excluding hydrogens is 344 g/mol. The van der Waals surface area contributed by atoms with Crippen molar-refractivity contribution in [2.45, 2.75) is 19.3 Å². The van der Waals surface area contributed by atoms with Gasteiger partial charge in [-0.15, -0.1) is 0 Å². The van der Waals surface area contributed by atoms with Gasteiger partial charge in [-0.1, -0.05) is 15.9 Å². The Morgan fingerprint density at radius 1 is 1.27 bits per heavy atom. The molecule has 0 bridgehead atoms. The van der Waals surface area contributed by atoms with Crippen molar-refractivity contribution in [3.05, 3.63) is 22.2 Å². The molecule has 1 aliphatic carbocycles. The molecule has 22 heavy (non-hydrogen) atoms. The predicted octanol–water partition coefficient (Wildman–Crippen LogP) is 2.69. The van der Waals surface area contributed by atoms with E-state index in [1.54, 1.807) is 7.11 Å². The summed E-state index contributed by atoms with van der Waals surface area (Å²) in [6.45, 7) is 6.30. The van der Waals surface area contributed by atoms with Crippen LogP contribution in [-0.2, 0) is 6.42 Å². The van der Waals surface area contributed by atoms with Crippen LogP contribution in [0.5, 0.6) is 11.5 Å². The number of benzene rings is 1. The molecule has 1 saturated carbocycles. The molecule has 0 radical (unpaired) electrons. The minimum absolute atomic E-state index is 0.740. The number of methoxy groups -OCH3 is 1. The molecule has 0 amide bonds. The third kappa shape index (κ3) is 4.15. The lowest BCUT2D eigenvalue weighted by Crippen LogP contribution is -2.44. The summed E-state index contributed by atoms with van der Waals surface area (Å²) in [7, 11) is 1.72. The van der Waals surface area contributed by atoms with Gasteiger partial charge < -0.3 is 19.7 Å². The van der Waals surface area contributed by atoms with Crippen LogP contribution in [0, 0.1) is 5.92 Å². The Morgan fingerprint density at radius 3 is 2.73 bits per heavy atom. The standard InChI is InChI=1S/C17H25BrN2O2/c1-21-16-5-4-15(18)14(17(16)22-12-13-2-3-13)6-9-20-10-7-19-8-11-20/h4-5,13,19H,2-3,6-12H2,1H3. The van der Waals surface area contributed by atoms with Gasteiger partial charge in [0.1, 0.15) is 0 Å². The van der Waals surface area contributed by atoms with E-state index in [-0.39, 0.29) is 0 Å². The van der Waals surface area contributed by atoms with Crippen molar-refractivity contribution in [1.82, 2.24) is 10.2 Å². The van der Waals surface area contributed by atoms with Crippen LogP contribution in [0.15, 0.2) is 16.6 Å². The number of halogens is 1. The second-order valence-electron chi connectivity index (χ2n) is 6.15. The quantitative estimate of drug-likeness (QED) is 0.802. The molecule has 0 spiro atoms. The van der Waals surface area contributed by atoms with E-state index in [1.807, 2.05) is 6.07 Å². The predicted molar refractivity (Wildman–Crippen MR) is 91.9 cm³/mol. The average Bonchev–Trinajstić information content (AvgIpc) is 3.37. The van der Waals surface area contributed by atoms with Gasteiger partial charge in [-0.3, -0.25) is 0 Å². The first-order valence-corrected chi connectivity index (χ1v) is 8.98. The smallest absolute Gasteiger partial charge is 0.165 e. The van der Waals surface area contributed by atoms with Crippen molar-refractivity contribution >= 4 is 15.9 Å². The molecule has 122 valence electrons. The molecule has 1 aliphatic heterocycles. The van der Waals surface area contributed by atoms with Gasteiger partial charge in [-0.2, -0.15) is 0 Å². The van der Waals surface area contributed by atoms with Gasteiger partial charge >= 0.3 is 0 Å². The topological polar surface area (TPSA) is 33.7 Å². The molecule has 1 heterocycles. The number of piperazine rings is 1. The highest BCUT2D eigenvalue weighted by Crippen LogP contribution is 2.38. The first-order chi connectivity index (χ1) is 10.8. The Hall–Kier alpha value is -0.780. The number of hydrogen-bond acceptors (Lipinski definition) is 4. The summed E-state index contributed by atoms with van der Waals surface area (Å²) in [5.74, 6) is 2.52. The maximum atomic E-state index is 6.12. The van der Waals surface area contributed by atoms with Crippen LogP contribution < -0.4 is 14.8 Å². The van der Waals surface area contributed by atoms with E-state index < -0.39 is 0 Å². The number of hydrogen-bond donors (Lipinski definition) is 1. The lowest BCUT2D eigenvalue weighted by atomic mass is 10.1. The molecule has 0 atom stereocenters.